The van der Waals surface area contributed by atoms with Gasteiger partial charge in [0.25, 0.3) is 5.89 Å². The van der Waals surface area contributed by atoms with Gasteiger partial charge in [0.2, 0.25) is 0 Å². The van der Waals surface area contributed by atoms with E-state index in [1.807, 2.05) is 27.7 Å². The lowest BCUT2D eigenvalue weighted by atomic mass is 9.87. The van der Waals surface area contributed by atoms with Gasteiger partial charge in [-0.15, -0.1) is 0 Å². The molecule has 0 aliphatic carbocycles. The molecule has 0 saturated heterocycles. The van der Waals surface area contributed by atoms with Gasteiger partial charge >= 0.3 is 0 Å². The van der Waals surface area contributed by atoms with Gasteiger partial charge in [0, 0.05) is 0 Å². The largest absolute Gasteiger partial charge is 0.334 e. The second kappa shape index (κ2) is 4.74. The minimum absolute atomic E-state index is 0.163. The van der Waals surface area contributed by atoms with Crippen LogP contribution in [0.2, 0.25) is 0 Å². The molecule has 5 heteroatoms. The van der Waals surface area contributed by atoms with Crippen molar-refractivity contribution in [1.82, 2.24) is 10.1 Å². The van der Waals surface area contributed by atoms with Crippen LogP contribution in [0.1, 0.15) is 38.2 Å². The first-order valence-corrected chi connectivity index (χ1v) is 6.15. The van der Waals surface area contributed by atoms with Crippen LogP contribution >= 0.6 is 0 Å². The number of halogens is 1. The maximum absolute atomic E-state index is 13.7. The fraction of sp³-hybridized carbons (Fsp3) is 0.429. The number of hydrogen-bond acceptors (Lipinski definition) is 4. The van der Waals surface area contributed by atoms with E-state index in [0.29, 0.717) is 11.4 Å². The van der Waals surface area contributed by atoms with E-state index in [1.54, 1.807) is 12.1 Å². The van der Waals surface area contributed by atoms with Gasteiger partial charge < -0.3 is 10.3 Å². The summed E-state index contributed by atoms with van der Waals surface area (Å²) in [7, 11) is 0. The Kier molecular flexibility index (Phi) is 3.41. The van der Waals surface area contributed by atoms with Crippen LogP contribution in [0.5, 0.6) is 0 Å². The molecule has 0 aliphatic heterocycles. The smallest absolute Gasteiger partial charge is 0.260 e. The zero-order chi connectivity index (χ0) is 14.2. The molecule has 1 aromatic carbocycles. The number of aromatic nitrogens is 2. The fourth-order valence-corrected chi connectivity index (χ4v) is 1.66. The van der Waals surface area contributed by atoms with E-state index in [1.165, 1.54) is 6.07 Å². The lowest BCUT2D eigenvalue weighted by molar-refractivity contribution is 0.303. The third-order valence-electron chi connectivity index (χ3n) is 3.01. The zero-order valence-electron chi connectivity index (χ0n) is 11.6. The van der Waals surface area contributed by atoms with Crippen molar-refractivity contribution in [3.8, 4) is 11.5 Å². The van der Waals surface area contributed by atoms with Crippen molar-refractivity contribution >= 4 is 0 Å². The molecule has 1 aromatic heterocycles. The van der Waals surface area contributed by atoms with Crippen molar-refractivity contribution in [2.24, 2.45) is 11.1 Å². The predicted octanol–water partition coefficient (Wildman–Crippen LogP) is 3.23. The molecule has 1 heterocycles. The molecule has 1 unspecified atom stereocenters. The van der Waals surface area contributed by atoms with E-state index in [0.717, 1.165) is 5.56 Å². The maximum Gasteiger partial charge on any atom is 0.260 e. The summed E-state index contributed by atoms with van der Waals surface area (Å²) in [5, 5.41) is 3.85. The Balaban J connectivity index is 2.39. The van der Waals surface area contributed by atoms with Crippen LogP contribution < -0.4 is 5.73 Å². The summed E-state index contributed by atoms with van der Waals surface area (Å²) < 4.78 is 18.9. The van der Waals surface area contributed by atoms with Crippen LogP contribution in [0.15, 0.2) is 22.7 Å². The molecule has 102 valence electrons. The van der Waals surface area contributed by atoms with Crippen molar-refractivity contribution in [3.63, 3.8) is 0 Å². The van der Waals surface area contributed by atoms with Crippen LogP contribution in [-0.2, 0) is 0 Å². The maximum atomic E-state index is 13.7. The summed E-state index contributed by atoms with van der Waals surface area (Å²) in [6.07, 6.45) is 0. The Morgan fingerprint density at radius 2 is 2.00 bits per heavy atom. The molecule has 0 bridgehead atoms. The Bertz CT molecular complexity index is 587. The predicted molar refractivity (Wildman–Crippen MR) is 70.8 cm³/mol. The first-order chi connectivity index (χ1) is 8.79. The Morgan fingerprint density at radius 3 is 2.63 bits per heavy atom. The molecular formula is C14H18FN3O. The van der Waals surface area contributed by atoms with Gasteiger partial charge in [-0.2, -0.15) is 4.98 Å². The zero-order valence-corrected chi connectivity index (χ0v) is 11.6. The van der Waals surface area contributed by atoms with E-state index in [4.69, 9.17) is 10.3 Å². The van der Waals surface area contributed by atoms with E-state index < -0.39 is 0 Å². The molecule has 19 heavy (non-hydrogen) atoms. The quantitative estimate of drug-likeness (QED) is 0.903. The minimum Gasteiger partial charge on any atom is -0.334 e. The Hall–Kier alpha value is -1.75. The molecule has 0 radical (unpaired) electrons. The van der Waals surface area contributed by atoms with Crippen LogP contribution in [0.25, 0.3) is 11.5 Å². The second-order valence-electron chi connectivity index (χ2n) is 5.78. The van der Waals surface area contributed by atoms with E-state index in [9.17, 15) is 4.39 Å². The summed E-state index contributed by atoms with van der Waals surface area (Å²) in [6, 6.07) is 4.39. The lowest BCUT2D eigenvalue weighted by Gasteiger charge is -2.23. The van der Waals surface area contributed by atoms with Crippen molar-refractivity contribution < 1.29 is 8.91 Å². The third-order valence-corrected chi connectivity index (χ3v) is 3.01. The summed E-state index contributed by atoms with van der Waals surface area (Å²) in [5.41, 5.74) is 7.10. The number of nitrogens with zero attached hydrogens (tertiary/aromatic N) is 2. The number of rotatable bonds is 2. The number of nitrogens with two attached hydrogens (primary N) is 1. The summed E-state index contributed by atoms with van der Waals surface area (Å²) in [6.45, 7) is 7.84. The fourth-order valence-electron chi connectivity index (χ4n) is 1.66. The molecule has 2 rings (SSSR count). The highest BCUT2D eigenvalue weighted by molar-refractivity contribution is 5.55. The average Bonchev–Trinajstić information content (AvgIpc) is 2.79. The first kappa shape index (κ1) is 13.7. The standard InChI is InChI=1S/C14H18FN3O/c1-8-5-6-10(15)9(7-8)13-17-12(18-19-13)11(16)14(2,3)4/h5-7,11H,16H2,1-4H3. The van der Waals surface area contributed by atoms with E-state index >= 15 is 0 Å². The molecule has 1 atom stereocenters. The van der Waals surface area contributed by atoms with Crippen molar-refractivity contribution in [1.29, 1.82) is 0 Å². The average molecular weight is 263 g/mol. The number of hydrogen-bond donors (Lipinski definition) is 1. The van der Waals surface area contributed by atoms with Crippen LogP contribution in [0, 0.1) is 18.2 Å². The van der Waals surface area contributed by atoms with E-state index in [-0.39, 0.29) is 23.2 Å². The minimum atomic E-state index is -0.384. The molecule has 2 aromatic rings. The summed E-state index contributed by atoms with van der Waals surface area (Å²) >= 11 is 0. The van der Waals surface area contributed by atoms with Gasteiger partial charge in [0.1, 0.15) is 5.82 Å². The molecule has 0 saturated carbocycles. The van der Waals surface area contributed by atoms with Crippen molar-refractivity contribution in [2.45, 2.75) is 33.7 Å². The molecule has 0 fully saturated rings. The highest BCUT2D eigenvalue weighted by Crippen LogP contribution is 2.30. The van der Waals surface area contributed by atoms with Gasteiger partial charge in [0.15, 0.2) is 5.82 Å². The van der Waals surface area contributed by atoms with Crippen molar-refractivity contribution in [2.75, 3.05) is 0 Å². The van der Waals surface area contributed by atoms with Crippen LogP contribution in [0.4, 0.5) is 4.39 Å². The molecular weight excluding hydrogens is 245 g/mol. The SMILES string of the molecule is Cc1ccc(F)c(-c2nc(C(N)C(C)(C)C)no2)c1. The molecule has 0 spiro atoms. The monoisotopic (exact) mass is 263 g/mol. The molecule has 4 nitrogen and oxygen atoms in total. The number of benzene rings is 1. The normalized spacial score (nSPS) is 13.6. The second-order valence-corrected chi connectivity index (χ2v) is 5.78. The number of aryl methyl sites for hydroxylation is 1. The highest BCUT2D eigenvalue weighted by atomic mass is 19.1. The van der Waals surface area contributed by atoms with Crippen LogP contribution in [-0.4, -0.2) is 10.1 Å². The van der Waals surface area contributed by atoms with Gasteiger partial charge in [-0.05, 0) is 24.5 Å². The van der Waals surface area contributed by atoms with Gasteiger partial charge in [-0.1, -0.05) is 37.6 Å². The van der Waals surface area contributed by atoms with Gasteiger partial charge in [-0.25, -0.2) is 4.39 Å². The summed E-state index contributed by atoms with van der Waals surface area (Å²) in [4.78, 5) is 4.21. The van der Waals surface area contributed by atoms with Gasteiger partial charge in [0.05, 0.1) is 11.6 Å². The lowest BCUT2D eigenvalue weighted by Crippen LogP contribution is -2.27. The third kappa shape index (κ3) is 2.81. The highest BCUT2D eigenvalue weighted by Gasteiger charge is 2.27. The van der Waals surface area contributed by atoms with Crippen molar-refractivity contribution in [3.05, 3.63) is 35.4 Å². The van der Waals surface area contributed by atoms with Gasteiger partial charge in [-0.3, -0.25) is 0 Å². The summed E-state index contributed by atoms with van der Waals surface area (Å²) in [5.74, 6) is 0.171. The first-order valence-electron chi connectivity index (χ1n) is 6.15. The topological polar surface area (TPSA) is 64.9 Å². The molecule has 2 N–H and O–H groups in total. The van der Waals surface area contributed by atoms with Crippen LogP contribution in [0.3, 0.4) is 0 Å². The molecule has 0 amide bonds. The van der Waals surface area contributed by atoms with E-state index in [2.05, 4.69) is 10.1 Å². The molecule has 0 aliphatic rings. The Labute approximate surface area is 111 Å². The Morgan fingerprint density at radius 1 is 1.32 bits per heavy atom.